The second kappa shape index (κ2) is 5.23. The van der Waals surface area contributed by atoms with Gasteiger partial charge >= 0.3 is 0 Å². The van der Waals surface area contributed by atoms with Gasteiger partial charge in [-0.1, -0.05) is 30.3 Å². The first-order valence-corrected chi connectivity index (χ1v) is 8.05. The lowest BCUT2D eigenvalue weighted by molar-refractivity contribution is 0.909. The zero-order valence-electron chi connectivity index (χ0n) is 12.9. The number of fused-ring (bicyclic) bond motifs is 1. The topological polar surface area (TPSA) is 56.0 Å². The van der Waals surface area contributed by atoms with Crippen molar-refractivity contribution in [1.82, 2.24) is 24.6 Å². The normalized spacial score (nSPS) is 19.5. The fourth-order valence-electron chi connectivity index (χ4n) is 3.39. The molecule has 1 aromatic carbocycles. The smallest absolute Gasteiger partial charge is 0.156 e. The minimum Gasteiger partial charge on any atom is -0.244 e. The van der Waals surface area contributed by atoms with Crippen LogP contribution in [0.4, 0.5) is 0 Å². The van der Waals surface area contributed by atoms with Crippen LogP contribution in [-0.2, 0) is 0 Å². The number of imidazole rings is 1. The van der Waals surface area contributed by atoms with Crippen LogP contribution in [0, 0.1) is 0 Å². The van der Waals surface area contributed by atoms with Crippen molar-refractivity contribution in [3.63, 3.8) is 0 Å². The molecule has 3 heterocycles. The Labute approximate surface area is 139 Å². The highest BCUT2D eigenvalue weighted by Crippen LogP contribution is 2.55. The van der Waals surface area contributed by atoms with Gasteiger partial charge in [-0.25, -0.2) is 19.5 Å². The summed E-state index contributed by atoms with van der Waals surface area (Å²) in [4.78, 5) is 12.7. The van der Waals surface area contributed by atoms with E-state index in [1.54, 1.807) is 18.6 Å². The molecule has 5 rings (SSSR count). The molecule has 5 nitrogen and oxygen atoms in total. The van der Waals surface area contributed by atoms with Gasteiger partial charge in [0.25, 0.3) is 0 Å². The maximum Gasteiger partial charge on any atom is 0.156 e. The van der Waals surface area contributed by atoms with E-state index in [-0.39, 0.29) is 0 Å². The van der Waals surface area contributed by atoms with Crippen molar-refractivity contribution >= 4 is 5.65 Å². The van der Waals surface area contributed by atoms with E-state index < -0.39 is 0 Å². The third-order valence-electron chi connectivity index (χ3n) is 4.66. The molecule has 4 aromatic rings. The Balaban J connectivity index is 1.60. The molecule has 5 heteroatoms. The highest BCUT2D eigenvalue weighted by molar-refractivity contribution is 5.63. The number of benzene rings is 1. The van der Waals surface area contributed by atoms with Crippen molar-refractivity contribution in [2.75, 3.05) is 0 Å². The van der Waals surface area contributed by atoms with Crippen LogP contribution in [0.1, 0.15) is 29.4 Å². The van der Waals surface area contributed by atoms with E-state index in [9.17, 15) is 0 Å². The van der Waals surface area contributed by atoms with E-state index >= 15 is 0 Å². The number of hydrogen-bond donors (Lipinski definition) is 0. The lowest BCUT2D eigenvalue weighted by Crippen LogP contribution is -1.99. The van der Waals surface area contributed by atoms with Gasteiger partial charge in [-0.3, -0.25) is 0 Å². The fourth-order valence-corrected chi connectivity index (χ4v) is 3.39. The molecule has 2 atom stereocenters. The van der Waals surface area contributed by atoms with Crippen LogP contribution in [0.25, 0.3) is 16.9 Å². The molecule has 0 spiro atoms. The van der Waals surface area contributed by atoms with Crippen LogP contribution in [0.15, 0.2) is 67.5 Å². The van der Waals surface area contributed by atoms with Crippen LogP contribution in [0.5, 0.6) is 0 Å². The number of aromatic nitrogens is 5. The van der Waals surface area contributed by atoms with Crippen molar-refractivity contribution in [1.29, 1.82) is 0 Å². The molecule has 0 amide bonds. The van der Waals surface area contributed by atoms with Crippen molar-refractivity contribution in [3.8, 4) is 11.3 Å². The number of nitrogens with zero attached hydrogens (tertiary/aromatic N) is 5. The molecule has 0 bridgehead atoms. The van der Waals surface area contributed by atoms with Crippen LogP contribution in [-0.4, -0.2) is 24.6 Å². The van der Waals surface area contributed by atoms with E-state index in [2.05, 4.69) is 56.4 Å². The first kappa shape index (κ1) is 13.4. The molecule has 3 aromatic heterocycles. The summed E-state index contributed by atoms with van der Waals surface area (Å²) < 4.78 is 1.86. The van der Waals surface area contributed by atoms with E-state index in [0.29, 0.717) is 11.8 Å². The van der Waals surface area contributed by atoms with E-state index in [1.165, 1.54) is 17.5 Å². The van der Waals surface area contributed by atoms with Gasteiger partial charge in [0.15, 0.2) is 5.65 Å². The van der Waals surface area contributed by atoms with Gasteiger partial charge < -0.3 is 0 Å². The molecular weight excluding hydrogens is 298 g/mol. The van der Waals surface area contributed by atoms with Crippen molar-refractivity contribution in [2.45, 2.75) is 18.3 Å². The Morgan fingerprint density at radius 1 is 1.00 bits per heavy atom. The van der Waals surface area contributed by atoms with Crippen molar-refractivity contribution in [3.05, 3.63) is 78.6 Å². The summed E-state index contributed by atoms with van der Waals surface area (Å²) in [6.07, 6.45) is 9.98. The number of hydrogen-bond acceptors (Lipinski definition) is 4. The Morgan fingerprint density at radius 2 is 1.83 bits per heavy atom. The largest absolute Gasteiger partial charge is 0.244 e. The predicted octanol–water partition coefficient (Wildman–Crippen LogP) is 3.46. The van der Waals surface area contributed by atoms with Gasteiger partial charge in [-0.2, -0.15) is 5.10 Å². The second-order valence-electron chi connectivity index (χ2n) is 6.17. The maximum atomic E-state index is 4.65. The summed E-state index contributed by atoms with van der Waals surface area (Å²) in [5.41, 5.74) is 5.40. The average Bonchev–Trinajstić information content (AvgIpc) is 3.31. The SMILES string of the molecule is c1ccc([C@@H]2C[C@H]2c2cc(-c3cncnc3)nn3ccnc23)cc1. The first-order valence-electron chi connectivity index (χ1n) is 8.05. The number of rotatable bonds is 3. The molecule has 1 fully saturated rings. The van der Waals surface area contributed by atoms with Gasteiger partial charge in [-0.05, 0) is 29.9 Å². The Kier molecular flexibility index (Phi) is 2.91. The van der Waals surface area contributed by atoms with Gasteiger partial charge in [0.05, 0.1) is 5.69 Å². The van der Waals surface area contributed by atoms with E-state index in [0.717, 1.165) is 23.3 Å². The monoisotopic (exact) mass is 313 g/mol. The maximum absolute atomic E-state index is 4.65. The zero-order valence-corrected chi connectivity index (χ0v) is 12.9. The summed E-state index contributed by atoms with van der Waals surface area (Å²) in [5.74, 6) is 1.05. The van der Waals surface area contributed by atoms with E-state index in [4.69, 9.17) is 0 Å². The lowest BCUT2D eigenvalue weighted by Gasteiger charge is -2.07. The van der Waals surface area contributed by atoms with Crippen molar-refractivity contribution in [2.24, 2.45) is 0 Å². The highest BCUT2D eigenvalue weighted by Gasteiger charge is 2.41. The molecule has 116 valence electrons. The van der Waals surface area contributed by atoms with E-state index in [1.807, 2.05) is 10.7 Å². The molecule has 0 aliphatic heterocycles. The van der Waals surface area contributed by atoms with Gasteiger partial charge in [0.2, 0.25) is 0 Å². The summed E-state index contributed by atoms with van der Waals surface area (Å²) in [5, 5.41) is 4.65. The standard InChI is InChI=1S/C19H15N5/c1-2-4-13(5-3-1)15-8-16(15)17-9-18(14-10-20-12-21-11-14)23-24-7-6-22-19(17)24/h1-7,9-12,15-16H,8H2/t15-,16+/m0/s1. The highest BCUT2D eigenvalue weighted by atomic mass is 15.2. The molecule has 0 radical (unpaired) electrons. The Morgan fingerprint density at radius 3 is 2.67 bits per heavy atom. The van der Waals surface area contributed by atoms with Crippen LogP contribution < -0.4 is 0 Å². The summed E-state index contributed by atoms with van der Waals surface area (Å²) in [6, 6.07) is 12.8. The van der Waals surface area contributed by atoms with Crippen LogP contribution in [0.2, 0.25) is 0 Å². The lowest BCUT2D eigenvalue weighted by atomic mass is 10.0. The minimum atomic E-state index is 0.490. The van der Waals surface area contributed by atoms with Crippen LogP contribution in [0.3, 0.4) is 0 Å². The predicted molar refractivity (Wildman–Crippen MR) is 90.6 cm³/mol. The quantitative estimate of drug-likeness (QED) is 0.581. The first-order chi connectivity index (χ1) is 11.9. The summed E-state index contributed by atoms with van der Waals surface area (Å²) >= 11 is 0. The summed E-state index contributed by atoms with van der Waals surface area (Å²) in [7, 11) is 0. The third-order valence-corrected chi connectivity index (χ3v) is 4.66. The fraction of sp³-hybridized carbons (Fsp3) is 0.158. The molecule has 1 saturated carbocycles. The molecule has 24 heavy (non-hydrogen) atoms. The van der Waals surface area contributed by atoms with Crippen molar-refractivity contribution < 1.29 is 0 Å². The molecule has 0 N–H and O–H groups in total. The minimum absolute atomic E-state index is 0.490. The van der Waals surface area contributed by atoms with Gasteiger partial charge in [-0.15, -0.1) is 0 Å². The second-order valence-corrected chi connectivity index (χ2v) is 6.17. The van der Waals surface area contributed by atoms with Gasteiger partial charge in [0, 0.05) is 35.9 Å². The van der Waals surface area contributed by atoms with Gasteiger partial charge in [0.1, 0.15) is 6.33 Å². The van der Waals surface area contributed by atoms with Crippen LogP contribution >= 0.6 is 0 Å². The molecule has 0 unspecified atom stereocenters. The third kappa shape index (κ3) is 2.17. The molecule has 1 aliphatic carbocycles. The zero-order chi connectivity index (χ0) is 15.9. The molecule has 1 aliphatic rings. The molecular formula is C19H15N5. The summed E-state index contributed by atoms with van der Waals surface area (Å²) in [6.45, 7) is 0. The molecule has 0 saturated heterocycles. The average molecular weight is 313 g/mol. The Bertz CT molecular complexity index is 994. The Hall–Kier alpha value is -3.08.